The molecule has 0 atom stereocenters. The van der Waals surface area contributed by atoms with Crippen LogP contribution in [0.3, 0.4) is 0 Å². The summed E-state index contributed by atoms with van der Waals surface area (Å²) in [5.41, 5.74) is 2.76. The Hall–Kier alpha value is -0.510. The minimum Gasteiger partial charge on any atom is -0.386 e. The van der Waals surface area contributed by atoms with Crippen molar-refractivity contribution in [3.63, 3.8) is 0 Å². The number of rotatable bonds is 0. The maximum atomic E-state index is 3.22. The van der Waals surface area contributed by atoms with Crippen molar-refractivity contribution in [2.24, 2.45) is 0 Å². The molecule has 0 spiro atoms. The summed E-state index contributed by atoms with van der Waals surface area (Å²) in [5.74, 6) is 0. The normalized spacial score (nSPS) is 14.8. The molecule has 1 aromatic rings. The predicted molar refractivity (Wildman–Crippen MR) is 55.3 cm³/mol. The van der Waals surface area contributed by atoms with Gasteiger partial charge in [-0.25, -0.2) is 0 Å². The third kappa shape index (κ3) is 1.27. The topological polar surface area (TPSA) is 12.0 Å². The van der Waals surface area contributed by atoms with E-state index >= 15 is 0 Å². The molecule has 1 aliphatic rings. The van der Waals surface area contributed by atoms with Gasteiger partial charge in [-0.05, 0) is 33.7 Å². The lowest BCUT2D eigenvalue weighted by molar-refractivity contribution is 0.858. The summed E-state index contributed by atoms with van der Waals surface area (Å²) in [4.78, 5) is 0. The van der Waals surface area contributed by atoms with Gasteiger partial charge in [-0.15, -0.1) is 0 Å². The lowest BCUT2D eigenvalue weighted by Crippen LogP contribution is -2.11. The van der Waals surface area contributed by atoms with Crippen molar-refractivity contribution in [1.29, 1.82) is 0 Å². The second-order valence-electron chi connectivity index (χ2n) is 2.53. The van der Waals surface area contributed by atoms with Crippen molar-refractivity contribution in [1.82, 2.24) is 5.32 Å². The van der Waals surface area contributed by atoms with E-state index in [4.69, 9.17) is 0 Å². The Morgan fingerprint density at radius 2 is 2.09 bits per heavy atom. The molecule has 0 radical (unpaired) electrons. The van der Waals surface area contributed by atoms with Gasteiger partial charge in [0, 0.05) is 16.3 Å². The molecule has 56 valence electrons. The molecular formula is C9H8IN. The Morgan fingerprint density at radius 1 is 1.27 bits per heavy atom. The Labute approximate surface area is 79.6 Å². The fraction of sp³-hybridized carbons (Fsp3) is 0.111. The van der Waals surface area contributed by atoms with Gasteiger partial charge in [0.15, 0.2) is 0 Å². The molecule has 1 heterocycles. The molecule has 0 bridgehead atoms. The maximum Gasteiger partial charge on any atom is 0.0401 e. The van der Waals surface area contributed by atoms with Crippen LogP contribution in [0.25, 0.3) is 3.58 Å². The van der Waals surface area contributed by atoms with E-state index in [1.165, 1.54) is 14.7 Å². The van der Waals surface area contributed by atoms with Crippen molar-refractivity contribution in [3.05, 3.63) is 41.6 Å². The molecule has 0 fully saturated rings. The molecule has 2 heteroatoms. The van der Waals surface area contributed by atoms with Crippen LogP contribution < -0.4 is 5.32 Å². The summed E-state index contributed by atoms with van der Waals surface area (Å²) in [6.07, 6.45) is 2.06. The highest BCUT2D eigenvalue weighted by Crippen LogP contribution is 2.26. The van der Waals surface area contributed by atoms with E-state index in [9.17, 15) is 0 Å². The Balaban J connectivity index is 2.56. The minimum absolute atomic E-state index is 0.961. The second-order valence-corrected chi connectivity index (χ2v) is 3.69. The van der Waals surface area contributed by atoms with Crippen molar-refractivity contribution in [2.75, 3.05) is 0 Å². The minimum atomic E-state index is 0.961. The molecule has 0 amide bonds. The van der Waals surface area contributed by atoms with Crippen LogP contribution in [0.4, 0.5) is 0 Å². The van der Waals surface area contributed by atoms with Crippen LogP contribution in [0.5, 0.6) is 0 Å². The van der Waals surface area contributed by atoms with Crippen molar-refractivity contribution in [3.8, 4) is 0 Å². The van der Waals surface area contributed by atoms with Gasteiger partial charge in [0.05, 0.1) is 0 Å². The highest BCUT2D eigenvalue weighted by Gasteiger charge is 2.07. The first-order valence-corrected chi connectivity index (χ1v) is 4.63. The third-order valence-electron chi connectivity index (χ3n) is 1.80. The van der Waals surface area contributed by atoms with E-state index in [2.05, 4.69) is 58.4 Å². The van der Waals surface area contributed by atoms with Crippen LogP contribution in [0.2, 0.25) is 0 Å². The van der Waals surface area contributed by atoms with Crippen LogP contribution in [0.15, 0.2) is 30.5 Å². The number of benzene rings is 1. The standard InChI is InChI=1S/C9H8IN/c10-9-6-11-5-7-3-1-2-4-8(7)9/h1-4,6,11H,5H2. The average Bonchev–Trinajstić information content (AvgIpc) is 2.06. The first kappa shape index (κ1) is 7.16. The quantitative estimate of drug-likeness (QED) is 0.704. The molecule has 1 nitrogen and oxygen atoms in total. The maximum absolute atomic E-state index is 3.22. The zero-order chi connectivity index (χ0) is 7.68. The van der Waals surface area contributed by atoms with Gasteiger partial charge in [0.25, 0.3) is 0 Å². The summed E-state index contributed by atoms with van der Waals surface area (Å²) < 4.78 is 1.30. The lowest BCUT2D eigenvalue weighted by atomic mass is 10.1. The molecule has 1 aliphatic heterocycles. The van der Waals surface area contributed by atoms with E-state index in [0.29, 0.717) is 0 Å². The fourth-order valence-corrected chi connectivity index (χ4v) is 1.98. The fourth-order valence-electron chi connectivity index (χ4n) is 1.24. The summed E-state index contributed by atoms with van der Waals surface area (Å²) in [7, 11) is 0. The first-order chi connectivity index (χ1) is 5.38. The first-order valence-electron chi connectivity index (χ1n) is 3.55. The number of hydrogen-bond donors (Lipinski definition) is 1. The zero-order valence-corrected chi connectivity index (χ0v) is 8.13. The van der Waals surface area contributed by atoms with Gasteiger partial charge in [-0.1, -0.05) is 24.3 Å². The molecule has 0 aliphatic carbocycles. The van der Waals surface area contributed by atoms with E-state index in [1.807, 2.05) is 0 Å². The summed E-state index contributed by atoms with van der Waals surface area (Å²) >= 11 is 2.35. The van der Waals surface area contributed by atoms with Crippen molar-refractivity contribution < 1.29 is 0 Å². The summed E-state index contributed by atoms with van der Waals surface area (Å²) in [6, 6.07) is 8.48. The van der Waals surface area contributed by atoms with Crippen LogP contribution >= 0.6 is 22.6 Å². The average molecular weight is 257 g/mol. The van der Waals surface area contributed by atoms with Crippen LogP contribution in [0, 0.1) is 0 Å². The molecular weight excluding hydrogens is 249 g/mol. The monoisotopic (exact) mass is 257 g/mol. The zero-order valence-electron chi connectivity index (χ0n) is 5.97. The Bertz CT molecular complexity index is 304. The van der Waals surface area contributed by atoms with Gasteiger partial charge in [0.1, 0.15) is 0 Å². The van der Waals surface area contributed by atoms with Gasteiger partial charge >= 0.3 is 0 Å². The highest BCUT2D eigenvalue weighted by atomic mass is 127. The van der Waals surface area contributed by atoms with Crippen LogP contribution in [0.1, 0.15) is 11.1 Å². The third-order valence-corrected chi connectivity index (χ3v) is 2.69. The smallest absolute Gasteiger partial charge is 0.0401 e. The molecule has 1 N–H and O–H groups in total. The summed E-state index contributed by atoms with van der Waals surface area (Å²) in [6.45, 7) is 0.961. The second kappa shape index (κ2) is 2.85. The Morgan fingerprint density at radius 3 is 2.91 bits per heavy atom. The van der Waals surface area contributed by atoms with Gasteiger partial charge in [0.2, 0.25) is 0 Å². The molecule has 1 aromatic carbocycles. The molecule has 2 rings (SSSR count). The highest BCUT2D eigenvalue weighted by molar-refractivity contribution is 14.1. The lowest BCUT2D eigenvalue weighted by Gasteiger charge is -2.14. The van der Waals surface area contributed by atoms with Gasteiger partial charge in [-0.2, -0.15) is 0 Å². The molecule has 0 unspecified atom stereocenters. The molecule has 0 aromatic heterocycles. The van der Waals surface area contributed by atoms with Gasteiger partial charge in [-0.3, -0.25) is 0 Å². The predicted octanol–water partition coefficient (Wildman–Crippen LogP) is 2.52. The van der Waals surface area contributed by atoms with Crippen LogP contribution in [-0.4, -0.2) is 0 Å². The number of hydrogen-bond acceptors (Lipinski definition) is 1. The largest absolute Gasteiger partial charge is 0.386 e. The van der Waals surface area contributed by atoms with Crippen LogP contribution in [-0.2, 0) is 6.54 Å². The molecule has 0 saturated carbocycles. The SMILES string of the molecule is IC1=CNCc2ccccc21. The number of halogens is 1. The van der Waals surface area contributed by atoms with E-state index in [-0.39, 0.29) is 0 Å². The Kier molecular flexibility index (Phi) is 1.85. The number of nitrogens with one attached hydrogen (secondary N) is 1. The van der Waals surface area contributed by atoms with Crippen molar-refractivity contribution in [2.45, 2.75) is 6.54 Å². The van der Waals surface area contributed by atoms with E-state index in [0.717, 1.165) is 6.54 Å². The number of fused-ring (bicyclic) bond motifs is 1. The van der Waals surface area contributed by atoms with Crippen molar-refractivity contribution >= 4 is 26.2 Å². The molecule has 0 saturated heterocycles. The van der Waals surface area contributed by atoms with E-state index < -0.39 is 0 Å². The summed E-state index contributed by atoms with van der Waals surface area (Å²) in [5, 5.41) is 3.22. The van der Waals surface area contributed by atoms with E-state index in [1.54, 1.807) is 0 Å². The van der Waals surface area contributed by atoms with Gasteiger partial charge < -0.3 is 5.32 Å². The molecule has 11 heavy (non-hydrogen) atoms.